The number of nitrogens with one attached hydrogen (secondary N) is 1. The van der Waals surface area contributed by atoms with Crippen LogP contribution in [0.4, 0.5) is 11.6 Å². The zero-order chi connectivity index (χ0) is 19.6. The topological polar surface area (TPSA) is 44.3 Å². The molecule has 0 radical (unpaired) electrons. The van der Waals surface area contributed by atoms with Crippen LogP contribution >= 0.6 is 0 Å². The molecular weight excluding hydrogens is 358 g/mol. The van der Waals surface area contributed by atoms with E-state index in [1.54, 1.807) is 0 Å². The molecule has 3 aromatic rings. The summed E-state index contributed by atoms with van der Waals surface area (Å²) in [5.74, 6) is 1.97. The quantitative estimate of drug-likeness (QED) is 0.690. The largest absolute Gasteiger partial charge is 0.364 e. The number of aromatic nitrogens is 2. The molecular formula is C24H29N5. The highest BCUT2D eigenvalue weighted by molar-refractivity contribution is 5.80. The number of hydrogen-bond acceptors (Lipinski definition) is 5. The van der Waals surface area contributed by atoms with Gasteiger partial charge in [0, 0.05) is 38.8 Å². The first-order valence-electron chi connectivity index (χ1n) is 10.9. The number of nitrogens with zero attached hydrogens (tertiary/aromatic N) is 4. The number of fused-ring (bicyclic) bond motifs is 1. The van der Waals surface area contributed by atoms with Gasteiger partial charge < -0.3 is 10.2 Å². The second-order valence-electron chi connectivity index (χ2n) is 8.24. The lowest BCUT2D eigenvalue weighted by molar-refractivity contribution is 0.249. The Morgan fingerprint density at radius 3 is 2.17 bits per heavy atom. The number of rotatable bonds is 6. The summed E-state index contributed by atoms with van der Waals surface area (Å²) in [5.41, 5.74) is 4.75. The minimum atomic E-state index is 0.566. The zero-order valence-corrected chi connectivity index (χ0v) is 17.1. The summed E-state index contributed by atoms with van der Waals surface area (Å²) in [6.07, 6.45) is 3.57. The summed E-state index contributed by atoms with van der Waals surface area (Å²) in [7, 11) is 0. The van der Waals surface area contributed by atoms with Gasteiger partial charge in [0.1, 0.15) is 0 Å². The van der Waals surface area contributed by atoms with Gasteiger partial charge >= 0.3 is 0 Å². The van der Waals surface area contributed by atoms with Crippen LogP contribution in [0.1, 0.15) is 30.9 Å². The molecule has 2 heterocycles. The second kappa shape index (κ2) is 7.99. The van der Waals surface area contributed by atoms with Crippen molar-refractivity contribution in [3.05, 3.63) is 59.7 Å². The lowest BCUT2D eigenvalue weighted by Gasteiger charge is -2.36. The molecule has 1 aliphatic carbocycles. The Morgan fingerprint density at radius 2 is 1.52 bits per heavy atom. The smallest absolute Gasteiger partial charge is 0.172 e. The van der Waals surface area contributed by atoms with Gasteiger partial charge in [0.15, 0.2) is 11.6 Å². The van der Waals surface area contributed by atoms with Crippen molar-refractivity contribution in [2.45, 2.75) is 38.8 Å². The molecule has 0 amide bonds. The molecule has 5 nitrogen and oxygen atoms in total. The molecule has 1 N–H and O–H groups in total. The van der Waals surface area contributed by atoms with Crippen molar-refractivity contribution < 1.29 is 0 Å². The van der Waals surface area contributed by atoms with Crippen LogP contribution in [0.3, 0.4) is 0 Å². The van der Waals surface area contributed by atoms with E-state index >= 15 is 0 Å². The van der Waals surface area contributed by atoms with Gasteiger partial charge in [-0.25, -0.2) is 9.97 Å². The predicted octanol–water partition coefficient (Wildman–Crippen LogP) is 4.09. The molecule has 2 aliphatic rings. The van der Waals surface area contributed by atoms with Gasteiger partial charge in [0.25, 0.3) is 0 Å². The average molecular weight is 388 g/mol. The molecule has 1 saturated heterocycles. The van der Waals surface area contributed by atoms with Gasteiger partial charge in [-0.15, -0.1) is 0 Å². The van der Waals surface area contributed by atoms with E-state index in [-0.39, 0.29) is 0 Å². The van der Waals surface area contributed by atoms with Crippen molar-refractivity contribution in [2.75, 3.05) is 36.4 Å². The summed E-state index contributed by atoms with van der Waals surface area (Å²) < 4.78 is 0. The van der Waals surface area contributed by atoms with Gasteiger partial charge in [-0.05, 0) is 42.5 Å². The molecule has 0 bridgehead atoms. The van der Waals surface area contributed by atoms with Crippen LogP contribution < -0.4 is 10.2 Å². The second-order valence-corrected chi connectivity index (χ2v) is 8.24. The highest BCUT2D eigenvalue weighted by atomic mass is 15.3. The summed E-state index contributed by atoms with van der Waals surface area (Å²) >= 11 is 0. The van der Waals surface area contributed by atoms with Crippen LogP contribution in [0.5, 0.6) is 0 Å². The third-order valence-corrected chi connectivity index (χ3v) is 5.98. The Hall–Kier alpha value is -2.66. The first-order valence-corrected chi connectivity index (χ1v) is 10.9. The number of benzene rings is 2. The molecule has 1 aliphatic heterocycles. The molecule has 0 unspecified atom stereocenters. The molecule has 29 heavy (non-hydrogen) atoms. The van der Waals surface area contributed by atoms with Crippen LogP contribution in [0, 0.1) is 0 Å². The van der Waals surface area contributed by atoms with Crippen LogP contribution in [0.15, 0.2) is 48.5 Å². The highest BCUT2D eigenvalue weighted by Gasteiger charge is 2.26. The Labute approximate surface area is 172 Å². The molecule has 2 fully saturated rings. The number of para-hydroxylation sites is 2. The van der Waals surface area contributed by atoms with Crippen LogP contribution in [-0.2, 0) is 13.0 Å². The number of piperazine rings is 1. The van der Waals surface area contributed by atoms with Crippen LogP contribution in [0.25, 0.3) is 11.0 Å². The average Bonchev–Trinajstić information content (AvgIpc) is 3.58. The third-order valence-electron chi connectivity index (χ3n) is 5.98. The molecule has 1 aromatic heterocycles. The molecule has 150 valence electrons. The minimum absolute atomic E-state index is 0.566. The first kappa shape index (κ1) is 18.4. The fourth-order valence-electron chi connectivity index (χ4n) is 3.99. The molecule has 0 atom stereocenters. The van der Waals surface area contributed by atoms with Crippen molar-refractivity contribution in [2.24, 2.45) is 0 Å². The van der Waals surface area contributed by atoms with Gasteiger partial charge in [-0.2, -0.15) is 0 Å². The van der Waals surface area contributed by atoms with Gasteiger partial charge in [0.2, 0.25) is 0 Å². The van der Waals surface area contributed by atoms with Crippen LogP contribution in [0.2, 0.25) is 0 Å². The van der Waals surface area contributed by atoms with Gasteiger partial charge in [0.05, 0.1) is 11.0 Å². The lowest BCUT2D eigenvalue weighted by atomic mass is 10.1. The third kappa shape index (κ3) is 4.20. The number of hydrogen-bond donors (Lipinski definition) is 1. The maximum atomic E-state index is 4.99. The molecule has 5 heteroatoms. The predicted molar refractivity (Wildman–Crippen MR) is 119 cm³/mol. The maximum absolute atomic E-state index is 4.99. The minimum Gasteiger partial charge on any atom is -0.364 e. The Bertz CT molecular complexity index is 972. The van der Waals surface area contributed by atoms with E-state index in [1.165, 1.54) is 24.0 Å². The summed E-state index contributed by atoms with van der Waals surface area (Å²) in [4.78, 5) is 14.8. The van der Waals surface area contributed by atoms with Crippen molar-refractivity contribution >= 4 is 22.7 Å². The monoisotopic (exact) mass is 387 g/mol. The van der Waals surface area contributed by atoms with Crippen molar-refractivity contribution in [3.63, 3.8) is 0 Å². The van der Waals surface area contributed by atoms with E-state index in [0.29, 0.717) is 6.04 Å². The van der Waals surface area contributed by atoms with Gasteiger partial charge in [-0.3, -0.25) is 4.90 Å². The van der Waals surface area contributed by atoms with E-state index < -0.39 is 0 Å². The molecule has 0 spiro atoms. The van der Waals surface area contributed by atoms with E-state index in [9.17, 15) is 0 Å². The zero-order valence-electron chi connectivity index (χ0n) is 17.1. The van der Waals surface area contributed by atoms with E-state index in [1.807, 2.05) is 18.2 Å². The molecule has 2 aromatic carbocycles. The fraction of sp³-hybridized carbons (Fsp3) is 0.417. The fourth-order valence-corrected chi connectivity index (χ4v) is 3.99. The number of anilines is 2. The summed E-state index contributed by atoms with van der Waals surface area (Å²) in [6.45, 7) is 7.29. The van der Waals surface area contributed by atoms with Crippen molar-refractivity contribution in [1.82, 2.24) is 14.9 Å². The maximum Gasteiger partial charge on any atom is 0.172 e. The summed E-state index contributed by atoms with van der Waals surface area (Å²) in [6, 6.07) is 17.8. The van der Waals surface area contributed by atoms with Crippen LogP contribution in [-0.4, -0.2) is 47.1 Å². The van der Waals surface area contributed by atoms with Crippen molar-refractivity contribution in [1.29, 1.82) is 0 Å². The SMILES string of the molecule is CCc1ccc(CN2CCN(c3nc4ccccc4nc3NC3CC3)CC2)cc1. The highest BCUT2D eigenvalue weighted by Crippen LogP contribution is 2.31. The van der Waals surface area contributed by atoms with E-state index in [0.717, 1.165) is 61.8 Å². The normalized spacial score (nSPS) is 17.6. The molecule has 1 saturated carbocycles. The Morgan fingerprint density at radius 1 is 0.862 bits per heavy atom. The van der Waals surface area contributed by atoms with Crippen molar-refractivity contribution in [3.8, 4) is 0 Å². The Balaban J connectivity index is 1.29. The summed E-state index contributed by atoms with van der Waals surface area (Å²) in [5, 5.41) is 3.61. The number of aryl methyl sites for hydroxylation is 1. The van der Waals surface area contributed by atoms with E-state index in [4.69, 9.17) is 9.97 Å². The lowest BCUT2D eigenvalue weighted by Crippen LogP contribution is -2.46. The van der Waals surface area contributed by atoms with E-state index in [2.05, 4.69) is 52.4 Å². The van der Waals surface area contributed by atoms with Gasteiger partial charge in [-0.1, -0.05) is 43.3 Å². The standard InChI is InChI=1S/C24H29N5/c1-2-18-7-9-19(10-8-18)17-28-13-15-29(16-14-28)24-23(25-20-11-12-20)26-21-5-3-4-6-22(21)27-24/h3-10,20H,2,11-17H2,1H3,(H,25,26). The first-order chi connectivity index (χ1) is 14.3. The molecule has 5 rings (SSSR count). The Kier molecular flexibility index (Phi) is 5.06.